The molecule has 7 nitrogen and oxygen atoms in total. The van der Waals surface area contributed by atoms with Crippen molar-refractivity contribution < 1.29 is 0 Å². The fourth-order valence-corrected chi connectivity index (χ4v) is 4.05. The predicted octanol–water partition coefficient (Wildman–Crippen LogP) is 1.99. The van der Waals surface area contributed by atoms with Gasteiger partial charge in [0, 0.05) is 31.7 Å². The van der Waals surface area contributed by atoms with E-state index < -0.39 is 0 Å². The predicted molar refractivity (Wildman–Crippen MR) is 109 cm³/mol. The van der Waals surface area contributed by atoms with Crippen molar-refractivity contribution in [2.24, 2.45) is 10.7 Å². The second-order valence-electron chi connectivity index (χ2n) is 7.90. The van der Waals surface area contributed by atoms with Gasteiger partial charge in [-0.05, 0) is 31.9 Å². The number of nitrogens with one attached hydrogen (secondary N) is 1. The van der Waals surface area contributed by atoms with Crippen molar-refractivity contribution in [2.45, 2.75) is 31.8 Å². The fraction of sp³-hybridized carbons (Fsp3) is 0.450. The zero-order valence-electron chi connectivity index (χ0n) is 15.6. The average molecular weight is 363 g/mol. The lowest BCUT2D eigenvalue weighted by molar-refractivity contribution is 0.363. The minimum atomic E-state index is -0.0629. The van der Waals surface area contributed by atoms with Crippen molar-refractivity contribution in [1.29, 1.82) is 0 Å². The zero-order chi connectivity index (χ0) is 18.4. The van der Waals surface area contributed by atoms with Crippen LogP contribution in [0.2, 0.25) is 0 Å². The second kappa shape index (κ2) is 6.20. The summed E-state index contributed by atoms with van der Waals surface area (Å²) in [5.74, 6) is 1.88. The molecular weight excluding hydrogens is 338 g/mol. The Hall–Kier alpha value is -2.67. The molecule has 0 radical (unpaired) electrons. The first-order valence-corrected chi connectivity index (χ1v) is 9.66. The number of nitrogens with zero attached hydrogens (tertiary/aromatic N) is 5. The molecule has 0 aliphatic carbocycles. The van der Waals surface area contributed by atoms with Crippen LogP contribution in [0.5, 0.6) is 0 Å². The van der Waals surface area contributed by atoms with Crippen LogP contribution in [0.4, 0.5) is 17.2 Å². The molecule has 2 aromatic rings. The normalized spacial score (nSPS) is 20.6. The molecule has 5 rings (SSSR count). The smallest absolute Gasteiger partial charge is 0.156 e. The highest BCUT2D eigenvalue weighted by Gasteiger charge is 2.30. The van der Waals surface area contributed by atoms with Crippen LogP contribution in [0, 0.1) is 0 Å². The number of nitrogens with two attached hydrogens (primary N) is 1. The van der Waals surface area contributed by atoms with E-state index in [4.69, 9.17) is 20.7 Å². The molecule has 0 spiro atoms. The summed E-state index contributed by atoms with van der Waals surface area (Å²) in [5, 5.41) is 3.45. The Labute approximate surface area is 159 Å². The minimum absolute atomic E-state index is 0.0629. The molecular formula is C20H25N7. The Morgan fingerprint density at radius 3 is 2.81 bits per heavy atom. The molecule has 1 saturated heterocycles. The standard InChI is InChI=1S/C20H25N7/c1-20(21)6-9-26(10-7-20)17-13-23-18-15(25-17)12-24-19(18)27-11-8-22-14-4-2-3-5-16(14)27/h2-5,13,22H,6-12,21H2,1H3. The van der Waals surface area contributed by atoms with Gasteiger partial charge in [-0.15, -0.1) is 0 Å². The summed E-state index contributed by atoms with van der Waals surface area (Å²) < 4.78 is 0. The van der Waals surface area contributed by atoms with Gasteiger partial charge in [-0.1, -0.05) is 12.1 Å². The van der Waals surface area contributed by atoms with Crippen LogP contribution in [-0.4, -0.2) is 47.5 Å². The van der Waals surface area contributed by atoms with Crippen molar-refractivity contribution in [3.63, 3.8) is 0 Å². The Balaban J connectivity index is 1.41. The van der Waals surface area contributed by atoms with Gasteiger partial charge in [-0.3, -0.25) is 4.99 Å². The maximum absolute atomic E-state index is 6.26. The van der Waals surface area contributed by atoms with Crippen molar-refractivity contribution in [1.82, 2.24) is 9.97 Å². The Kier molecular flexibility index (Phi) is 3.79. The van der Waals surface area contributed by atoms with E-state index in [-0.39, 0.29) is 5.54 Å². The molecule has 140 valence electrons. The topological polar surface area (TPSA) is 82.7 Å². The van der Waals surface area contributed by atoms with E-state index in [9.17, 15) is 0 Å². The number of hydrogen-bond acceptors (Lipinski definition) is 7. The van der Waals surface area contributed by atoms with Crippen LogP contribution >= 0.6 is 0 Å². The molecule has 0 amide bonds. The van der Waals surface area contributed by atoms with Gasteiger partial charge in [0.05, 0.1) is 29.8 Å². The highest BCUT2D eigenvalue weighted by molar-refractivity contribution is 6.12. The molecule has 27 heavy (non-hydrogen) atoms. The van der Waals surface area contributed by atoms with Gasteiger partial charge in [0.1, 0.15) is 11.5 Å². The Morgan fingerprint density at radius 2 is 1.96 bits per heavy atom. The SMILES string of the molecule is CC1(N)CCN(c2cnc3c(n2)CN=C3N2CCNc3ccccc32)CC1. The van der Waals surface area contributed by atoms with Crippen LogP contribution in [0.25, 0.3) is 0 Å². The zero-order valence-corrected chi connectivity index (χ0v) is 15.6. The van der Waals surface area contributed by atoms with Crippen LogP contribution < -0.4 is 20.9 Å². The maximum Gasteiger partial charge on any atom is 0.156 e. The highest BCUT2D eigenvalue weighted by Crippen LogP contribution is 2.32. The monoisotopic (exact) mass is 363 g/mol. The molecule has 1 fully saturated rings. The van der Waals surface area contributed by atoms with Gasteiger partial charge >= 0.3 is 0 Å². The second-order valence-corrected chi connectivity index (χ2v) is 7.90. The first-order chi connectivity index (χ1) is 13.1. The lowest BCUT2D eigenvalue weighted by Gasteiger charge is -2.37. The van der Waals surface area contributed by atoms with Gasteiger partial charge in [-0.2, -0.15) is 0 Å². The Bertz CT molecular complexity index is 895. The fourth-order valence-electron chi connectivity index (χ4n) is 4.05. The van der Waals surface area contributed by atoms with E-state index in [1.807, 2.05) is 6.20 Å². The average Bonchev–Trinajstić information content (AvgIpc) is 3.10. The number of rotatable bonds is 1. The van der Waals surface area contributed by atoms with E-state index in [0.717, 1.165) is 73.4 Å². The van der Waals surface area contributed by atoms with Gasteiger partial charge in [0.15, 0.2) is 5.84 Å². The molecule has 4 heterocycles. The van der Waals surface area contributed by atoms with Crippen molar-refractivity contribution in [2.75, 3.05) is 41.3 Å². The number of hydrogen-bond donors (Lipinski definition) is 2. The lowest BCUT2D eigenvalue weighted by atomic mass is 9.91. The highest BCUT2D eigenvalue weighted by atomic mass is 15.3. The maximum atomic E-state index is 6.26. The Morgan fingerprint density at radius 1 is 1.15 bits per heavy atom. The summed E-state index contributed by atoms with van der Waals surface area (Å²) in [6, 6.07) is 8.35. The van der Waals surface area contributed by atoms with Gasteiger partial charge in [-0.25, -0.2) is 9.97 Å². The van der Waals surface area contributed by atoms with Gasteiger partial charge in [0.2, 0.25) is 0 Å². The number of piperidine rings is 1. The quantitative estimate of drug-likeness (QED) is 0.806. The van der Waals surface area contributed by atoms with Gasteiger partial charge in [0.25, 0.3) is 0 Å². The van der Waals surface area contributed by atoms with Crippen LogP contribution in [0.1, 0.15) is 31.2 Å². The third kappa shape index (κ3) is 2.92. The van der Waals surface area contributed by atoms with E-state index in [0.29, 0.717) is 6.54 Å². The number of benzene rings is 1. The molecule has 7 heteroatoms. The molecule has 0 atom stereocenters. The number of aromatic nitrogens is 2. The molecule has 0 bridgehead atoms. The summed E-state index contributed by atoms with van der Waals surface area (Å²) in [6.45, 7) is 6.35. The molecule has 1 aromatic carbocycles. The number of anilines is 3. The summed E-state index contributed by atoms with van der Waals surface area (Å²) in [5.41, 5.74) is 10.4. The van der Waals surface area contributed by atoms with Crippen LogP contribution in [0.3, 0.4) is 0 Å². The number of fused-ring (bicyclic) bond motifs is 2. The van der Waals surface area contributed by atoms with Crippen molar-refractivity contribution >= 4 is 23.0 Å². The number of aliphatic imine (C=N–C) groups is 1. The van der Waals surface area contributed by atoms with Crippen LogP contribution in [-0.2, 0) is 6.54 Å². The summed E-state index contributed by atoms with van der Waals surface area (Å²) in [7, 11) is 0. The molecule has 3 aliphatic rings. The van der Waals surface area contributed by atoms with E-state index in [2.05, 4.69) is 46.3 Å². The number of para-hydroxylation sites is 2. The molecule has 0 saturated carbocycles. The molecule has 1 aromatic heterocycles. The third-order valence-corrected chi connectivity index (χ3v) is 5.75. The summed E-state index contributed by atoms with van der Waals surface area (Å²) in [6.07, 6.45) is 3.85. The first-order valence-electron chi connectivity index (χ1n) is 9.66. The van der Waals surface area contributed by atoms with E-state index in [1.54, 1.807) is 0 Å². The molecule has 3 N–H and O–H groups in total. The molecule has 3 aliphatic heterocycles. The van der Waals surface area contributed by atoms with E-state index >= 15 is 0 Å². The van der Waals surface area contributed by atoms with Crippen LogP contribution in [0.15, 0.2) is 35.5 Å². The molecule has 0 unspecified atom stereocenters. The number of amidine groups is 1. The largest absolute Gasteiger partial charge is 0.382 e. The van der Waals surface area contributed by atoms with Gasteiger partial charge < -0.3 is 20.9 Å². The van der Waals surface area contributed by atoms with Crippen molar-refractivity contribution in [3.05, 3.63) is 41.9 Å². The van der Waals surface area contributed by atoms with E-state index in [1.165, 1.54) is 0 Å². The summed E-state index contributed by atoms with van der Waals surface area (Å²) in [4.78, 5) is 19.0. The van der Waals surface area contributed by atoms with Crippen molar-refractivity contribution in [3.8, 4) is 0 Å². The minimum Gasteiger partial charge on any atom is -0.382 e. The third-order valence-electron chi connectivity index (χ3n) is 5.75. The summed E-state index contributed by atoms with van der Waals surface area (Å²) >= 11 is 0. The lowest BCUT2D eigenvalue weighted by Crippen LogP contribution is -2.48. The first kappa shape index (κ1) is 16.5.